The molecule has 0 aromatic heterocycles. The summed E-state index contributed by atoms with van der Waals surface area (Å²) in [5.74, 6) is -1.33. The molecule has 0 bridgehead atoms. The average molecular weight is 431 g/mol. The van der Waals surface area contributed by atoms with Crippen LogP contribution in [0, 0.1) is 0 Å². The first-order valence-corrected chi connectivity index (χ1v) is 10.4. The number of para-hydroxylation sites is 1. The average Bonchev–Trinajstić information content (AvgIpc) is 3.21. The molecule has 158 valence electrons. The van der Waals surface area contributed by atoms with Crippen LogP contribution in [-0.4, -0.2) is 48.0 Å². The molecule has 1 aromatic carbocycles. The lowest BCUT2D eigenvalue weighted by Gasteiger charge is -2.30. The number of amides is 3. The van der Waals surface area contributed by atoms with Gasteiger partial charge in [-0.3, -0.25) is 9.69 Å². The fourth-order valence-electron chi connectivity index (χ4n) is 3.92. The summed E-state index contributed by atoms with van der Waals surface area (Å²) in [5.41, 5.74) is 1.06. The zero-order chi connectivity index (χ0) is 21.5. The maximum Gasteiger partial charge on any atom is 0.343 e. The van der Waals surface area contributed by atoms with Crippen molar-refractivity contribution in [2.24, 2.45) is 0 Å². The van der Waals surface area contributed by atoms with Gasteiger partial charge in [-0.1, -0.05) is 23.9 Å². The van der Waals surface area contributed by atoms with E-state index in [1.807, 2.05) is 18.2 Å². The van der Waals surface area contributed by atoms with E-state index >= 15 is 0 Å². The maximum atomic E-state index is 13.2. The summed E-state index contributed by atoms with van der Waals surface area (Å²) in [6.45, 7) is 3.18. The molecular weight excluding hydrogens is 410 g/mol. The monoisotopic (exact) mass is 431 g/mol. The second kappa shape index (κ2) is 7.67. The summed E-state index contributed by atoms with van der Waals surface area (Å²) in [6, 6.07) is 6.22. The Morgan fingerprint density at radius 3 is 2.80 bits per heavy atom. The van der Waals surface area contributed by atoms with Crippen molar-refractivity contribution in [3.05, 3.63) is 35.5 Å². The Morgan fingerprint density at radius 1 is 1.27 bits per heavy atom. The van der Waals surface area contributed by atoms with Gasteiger partial charge in [0.15, 0.2) is 4.87 Å². The van der Waals surface area contributed by atoms with E-state index in [-0.39, 0.29) is 36.8 Å². The van der Waals surface area contributed by atoms with Gasteiger partial charge in [-0.05, 0) is 26.0 Å². The highest BCUT2D eigenvalue weighted by Crippen LogP contribution is 2.56. The van der Waals surface area contributed by atoms with E-state index in [1.165, 1.54) is 16.7 Å². The number of hydrogen-bond acceptors (Lipinski definition) is 7. The summed E-state index contributed by atoms with van der Waals surface area (Å²) in [5, 5.41) is 5.12. The lowest BCUT2D eigenvalue weighted by atomic mass is 10.0. The normalized spacial score (nSPS) is 24.7. The molecule has 3 heterocycles. The van der Waals surface area contributed by atoms with Crippen LogP contribution in [0.2, 0.25) is 0 Å². The number of hydrogen-bond donors (Lipinski definition) is 2. The molecule has 3 aliphatic heterocycles. The molecule has 4 rings (SSSR count). The zero-order valence-corrected chi connectivity index (χ0v) is 17.3. The minimum atomic E-state index is -1.17. The van der Waals surface area contributed by atoms with Crippen LogP contribution >= 0.6 is 11.8 Å². The molecule has 3 amide bonds. The van der Waals surface area contributed by atoms with Crippen molar-refractivity contribution in [2.45, 2.75) is 42.5 Å². The first kappa shape index (κ1) is 20.3. The minimum absolute atomic E-state index is 0.139. The van der Waals surface area contributed by atoms with E-state index in [9.17, 15) is 19.2 Å². The van der Waals surface area contributed by atoms with E-state index in [0.29, 0.717) is 12.1 Å². The van der Waals surface area contributed by atoms with E-state index in [1.54, 1.807) is 19.9 Å². The molecule has 2 unspecified atom stereocenters. The number of nitrogens with one attached hydrogen (secondary N) is 2. The fraction of sp³-hybridized carbons (Fsp3) is 0.400. The van der Waals surface area contributed by atoms with Crippen LogP contribution in [-0.2, 0) is 23.9 Å². The highest BCUT2D eigenvalue weighted by molar-refractivity contribution is 8.02. The molecule has 0 spiro atoms. The molecule has 1 saturated heterocycles. The Hall–Kier alpha value is -3.01. The van der Waals surface area contributed by atoms with Crippen LogP contribution in [0.3, 0.4) is 0 Å². The van der Waals surface area contributed by atoms with Gasteiger partial charge in [0.1, 0.15) is 6.61 Å². The van der Waals surface area contributed by atoms with Crippen molar-refractivity contribution in [1.82, 2.24) is 10.6 Å². The molecule has 2 N–H and O–H groups in total. The minimum Gasteiger partial charge on any atom is -0.463 e. The number of anilines is 1. The Labute approximate surface area is 177 Å². The third-order valence-electron chi connectivity index (χ3n) is 5.21. The third-order valence-corrected chi connectivity index (χ3v) is 6.66. The highest BCUT2D eigenvalue weighted by Gasteiger charge is 2.58. The van der Waals surface area contributed by atoms with Gasteiger partial charge < -0.3 is 20.1 Å². The number of esters is 2. The van der Waals surface area contributed by atoms with E-state index in [2.05, 4.69) is 10.6 Å². The molecule has 0 aliphatic carbocycles. The van der Waals surface area contributed by atoms with Crippen molar-refractivity contribution in [3.63, 3.8) is 0 Å². The van der Waals surface area contributed by atoms with Gasteiger partial charge in [-0.15, -0.1) is 0 Å². The predicted molar refractivity (Wildman–Crippen MR) is 107 cm³/mol. The third kappa shape index (κ3) is 3.20. The Kier molecular flexibility index (Phi) is 5.19. The van der Waals surface area contributed by atoms with Gasteiger partial charge in [0, 0.05) is 17.7 Å². The van der Waals surface area contributed by atoms with Crippen LogP contribution in [0.15, 0.2) is 40.4 Å². The summed E-state index contributed by atoms with van der Waals surface area (Å²) < 4.78 is 10.6. The van der Waals surface area contributed by atoms with Gasteiger partial charge in [-0.25, -0.2) is 14.4 Å². The van der Waals surface area contributed by atoms with Gasteiger partial charge >= 0.3 is 18.0 Å². The second-order valence-corrected chi connectivity index (χ2v) is 8.41. The number of nitrogens with zero attached hydrogens (tertiary/aromatic N) is 1. The molecule has 0 saturated carbocycles. The molecule has 30 heavy (non-hydrogen) atoms. The molecule has 3 aliphatic rings. The Balaban J connectivity index is 1.58. The fourth-order valence-corrected chi connectivity index (χ4v) is 5.33. The number of fused-ring (bicyclic) bond motifs is 3. The summed E-state index contributed by atoms with van der Waals surface area (Å²) in [4.78, 5) is 51.0. The second-order valence-electron chi connectivity index (χ2n) is 7.09. The number of ether oxygens (including phenoxy) is 2. The summed E-state index contributed by atoms with van der Waals surface area (Å²) >= 11 is 1.29. The van der Waals surface area contributed by atoms with Gasteiger partial charge in [0.2, 0.25) is 5.91 Å². The van der Waals surface area contributed by atoms with Crippen LogP contribution in [0.5, 0.6) is 0 Å². The van der Waals surface area contributed by atoms with Crippen molar-refractivity contribution < 1.29 is 28.7 Å². The lowest BCUT2D eigenvalue weighted by molar-refractivity contribution is -0.146. The lowest BCUT2D eigenvalue weighted by Crippen LogP contribution is -2.51. The SMILES string of the molecule is CCOC(=O)C1=C(COC(=O)C23CCC(=O)N2c2ccccc2S3)NC(=O)NC1C. The van der Waals surface area contributed by atoms with Gasteiger partial charge in [-0.2, -0.15) is 0 Å². The van der Waals surface area contributed by atoms with Crippen molar-refractivity contribution in [1.29, 1.82) is 0 Å². The molecule has 2 atom stereocenters. The van der Waals surface area contributed by atoms with Crippen LogP contribution in [0.25, 0.3) is 0 Å². The Bertz CT molecular complexity index is 977. The summed E-state index contributed by atoms with van der Waals surface area (Å²) in [6.07, 6.45) is 0.559. The molecule has 9 nitrogen and oxygen atoms in total. The van der Waals surface area contributed by atoms with Gasteiger partial charge in [0.05, 0.1) is 29.6 Å². The number of carbonyl (C=O) groups excluding carboxylic acids is 4. The highest BCUT2D eigenvalue weighted by atomic mass is 32.2. The molecular formula is C20H21N3O6S. The standard InChI is InChI=1S/C20H21N3O6S/c1-3-28-17(25)16-11(2)21-19(27)22-12(16)10-29-18(26)20-9-8-15(24)23(20)13-6-4-5-7-14(13)30-20/h4-7,11H,3,8-10H2,1-2H3,(H2,21,22,27). The van der Waals surface area contributed by atoms with Crippen molar-refractivity contribution in [2.75, 3.05) is 18.1 Å². The Morgan fingerprint density at radius 2 is 2.03 bits per heavy atom. The first-order valence-electron chi connectivity index (χ1n) is 9.63. The number of benzene rings is 1. The number of urea groups is 1. The molecule has 1 aromatic rings. The molecule has 1 fully saturated rings. The van der Waals surface area contributed by atoms with Crippen LogP contribution in [0.4, 0.5) is 10.5 Å². The zero-order valence-electron chi connectivity index (χ0n) is 16.5. The topological polar surface area (TPSA) is 114 Å². The largest absolute Gasteiger partial charge is 0.463 e. The molecule has 10 heteroatoms. The summed E-state index contributed by atoms with van der Waals surface area (Å²) in [7, 11) is 0. The van der Waals surface area contributed by atoms with Crippen molar-refractivity contribution >= 4 is 41.3 Å². The smallest absolute Gasteiger partial charge is 0.343 e. The van der Waals surface area contributed by atoms with Crippen molar-refractivity contribution in [3.8, 4) is 0 Å². The molecule has 0 radical (unpaired) electrons. The number of rotatable bonds is 5. The maximum absolute atomic E-state index is 13.2. The quantitative estimate of drug-likeness (QED) is 0.682. The van der Waals surface area contributed by atoms with E-state index < -0.39 is 28.9 Å². The first-order chi connectivity index (χ1) is 14.4. The van der Waals surface area contributed by atoms with E-state index in [0.717, 1.165) is 4.90 Å². The number of thioether (sulfide) groups is 1. The predicted octanol–water partition coefficient (Wildman–Crippen LogP) is 1.68. The van der Waals surface area contributed by atoms with Crippen LogP contribution in [0.1, 0.15) is 26.7 Å². The number of carbonyl (C=O) groups is 4. The van der Waals surface area contributed by atoms with Gasteiger partial charge in [0.25, 0.3) is 0 Å². The van der Waals surface area contributed by atoms with Crippen LogP contribution < -0.4 is 15.5 Å². The van der Waals surface area contributed by atoms with E-state index in [4.69, 9.17) is 9.47 Å².